The first-order valence-electron chi connectivity index (χ1n) is 6.16. The second-order valence-electron chi connectivity index (χ2n) is 4.36. The Bertz CT molecular complexity index is 409. The van der Waals surface area contributed by atoms with Crippen LogP contribution >= 0.6 is 11.6 Å². The highest BCUT2D eigenvalue weighted by Gasteiger charge is 2.06. The number of nitrogens with zero attached hydrogens (tertiary/aromatic N) is 1. The van der Waals surface area contributed by atoms with Gasteiger partial charge in [0, 0.05) is 12.1 Å². The molecule has 0 aromatic heterocycles. The molecule has 1 aliphatic carbocycles. The van der Waals surface area contributed by atoms with Crippen LogP contribution in [0.4, 0.5) is 0 Å². The van der Waals surface area contributed by atoms with Crippen LogP contribution in [0.2, 0.25) is 5.02 Å². The second kappa shape index (κ2) is 7.97. The molecule has 0 aliphatic heterocycles. The van der Waals surface area contributed by atoms with Gasteiger partial charge in [0.05, 0.1) is 17.7 Å². The monoisotopic (exact) mass is 266 g/mol. The quantitative estimate of drug-likeness (QED) is 0.846. The molecule has 1 aromatic carbocycles. The van der Waals surface area contributed by atoms with E-state index in [4.69, 9.17) is 27.3 Å². The third kappa shape index (κ3) is 4.95. The summed E-state index contributed by atoms with van der Waals surface area (Å²) < 4.78 is 4.90. The maximum atomic E-state index is 8.51. The molecule has 1 aliphatic rings. The molecule has 98 valence electrons. The molecule has 0 heterocycles. The lowest BCUT2D eigenvalue weighted by Crippen LogP contribution is -2.22. The molecule has 0 atom stereocenters. The minimum atomic E-state index is 0.423. The normalized spacial score (nSPS) is 15.2. The van der Waals surface area contributed by atoms with Crippen LogP contribution in [0.15, 0.2) is 18.2 Å². The summed E-state index contributed by atoms with van der Waals surface area (Å²) in [6.07, 6.45) is 6.66. The zero-order valence-corrected chi connectivity index (χ0v) is 11.4. The summed E-state index contributed by atoms with van der Waals surface area (Å²) in [5, 5.41) is 8.93. The summed E-state index contributed by atoms with van der Waals surface area (Å²) in [7, 11) is 1.55. The van der Waals surface area contributed by atoms with Gasteiger partial charge < -0.3 is 10.5 Å². The van der Waals surface area contributed by atoms with Gasteiger partial charge in [0.1, 0.15) is 11.8 Å². The van der Waals surface area contributed by atoms with Gasteiger partial charge in [-0.1, -0.05) is 30.9 Å². The number of nitriles is 1. The average Bonchev–Trinajstić information content (AvgIpc) is 2.40. The fourth-order valence-corrected chi connectivity index (χ4v) is 2.06. The summed E-state index contributed by atoms with van der Waals surface area (Å²) in [5.41, 5.74) is 6.10. The maximum Gasteiger partial charge on any atom is 0.120 e. The molecular weight excluding hydrogens is 248 g/mol. The molecule has 0 bridgehead atoms. The SMILES string of the molecule is COc1ccc(C#N)c(Cl)c1.NC1CCCCC1. The fraction of sp³-hybridized carbons (Fsp3) is 0.500. The van der Waals surface area contributed by atoms with Crippen molar-refractivity contribution in [2.24, 2.45) is 5.73 Å². The van der Waals surface area contributed by atoms with Gasteiger partial charge in [-0.3, -0.25) is 0 Å². The summed E-state index contributed by atoms with van der Waals surface area (Å²) in [4.78, 5) is 0. The van der Waals surface area contributed by atoms with Crippen molar-refractivity contribution < 1.29 is 4.74 Å². The molecule has 1 aromatic rings. The Hall–Kier alpha value is -1.24. The lowest BCUT2D eigenvalue weighted by molar-refractivity contribution is 0.415. The maximum absolute atomic E-state index is 8.51. The fourth-order valence-electron chi connectivity index (χ4n) is 1.85. The Balaban J connectivity index is 0.000000199. The number of hydrogen-bond donors (Lipinski definition) is 1. The van der Waals surface area contributed by atoms with Crippen molar-refractivity contribution in [1.82, 2.24) is 0 Å². The summed E-state index contributed by atoms with van der Waals surface area (Å²) in [6.45, 7) is 0. The van der Waals surface area contributed by atoms with Crippen LogP contribution in [0.25, 0.3) is 0 Å². The molecule has 1 saturated carbocycles. The van der Waals surface area contributed by atoms with Crippen LogP contribution < -0.4 is 10.5 Å². The number of halogens is 1. The lowest BCUT2D eigenvalue weighted by atomic mass is 9.97. The molecule has 3 nitrogen and oxygen atoms in total. The number of benzene rings is 1. The first kappa shape index (κ1) is 14.8. The van der Waals surface area contributed by atoms with Crippen molar-refractivity contribution in [2.75, 3.05) is 7.11 Å². The third-order valence-electron chi connectivity index (χ3n) is 2.95. The third-order valence-corrected chi connectivity index (χ3v) is 3.26. The van der Waals surface area contributed by atoms with E-state index in [1.165, 1.54) is 32.1 Å². The van der Waals surface area contributed by atoms with E-state index in [0.29, 0.717) is 22.4 Å². The van der Waals surface area contributed by atoms with E-state index < -0.39 is 0 Å². The molecule has 4 heteroatoms. The summed E-state index contributed by atoms with van der Waals surface area (Å²) in [5.74, 6) is 0.661. The van der Waals surface area contributed by atoms with Crippen molar-refractivity contribution in [2.45, 2.75) is 38.1 Å². The summed E-state index contributed by atoms with van der Waals surface area (Å²) in [6, 6.07) is 7.43. The standard InChI is InChI=1S/C8H6ClNO.C6H13N/c1-11-7-3-2-6(5-10)8(9)4-7;7-6-4-2-1-3-5-6/h2-4H,1H3;6H,1-5,7H2. The zero-order valence-electron chi connectivity index (χ0n) is 10.7. The topological polar surface area (TPSA) is 59.0 Å². The van der Waals surface area contributed by atoms with Crippen LogP contribution in [0.5, 0.6) is 5.75 Å². The molecule has 2 rings (SSSR count). The van der Waals surface area contributed by atoms with Gasteiger partial charge in [-0.2, -0.15) is 5.26 Å². The lowest BCUT2D eigenvalue weighted by Gasteiger charge is -2.15. The van der Waals surface area contributed by atoms with Crippen molar-refractivity contribution in [3.63, 3.8) is 0 Å². The molecule has 1 fully saturated rings. The van der Waals surface area contributed by atoms with Crippen molar-refractivity contribution in [3.8, 4) is 11.8 Å². The Morgan fingerprint density at radius 2 is 2.00 bits per heavy atom. The predicted molar refractivity (Wildman–Crippen MR) is 73.8 cm³/mol. The molecule has 0 spiro atoms. The van der Waals surface area contributed by atoms with Gasteiger partial charge in [0.15, 0.2) is 0 Å². The van der Waals surface area contributed by atoms with Crippen LogP contribution in [0.3, 0.4) is 0 Å². The number of rotatable bonds is 1. The highest BCUT2D eigenvalue weighted by atomic mass is 35.5. The van der Waals surface area contributed by atoms with Crippen LogP contribution in [-0.2, 0) is 0 Å². The number of ether oxygens (including phenoxy) is 1. The van der Waals surface area contributed by atoms with Crippen molar-refractivity contribution in [1.29, 1.82) is 5.26 Å². The molecule has 0 radical (unpaired) electrons. The highest BCUT2D eigenvalue weighted by Crippen LogP contribution is 2.21. The number of methoxy groups -OCH3 is 1. The van der Waals surface area contributed by atoms with E-state index in [1.54, 1.807) is 25.3 Å². The van der Waals surface area contributed by atoms with E-state index in [0.717, 1.165) is 0 Å². The van der Waals surface area contributed by atoms with Gasteiger partial charge in [0.2, 0.25) is 0 Å². The molecule has 0 saturated heterocycles. The first-order chi connectivity index (χ1) is 8.67. The molecule has 18 heavy (non-hydrogen) atoms. The Morgan fingerprint density at radius 3 is 2.39 bits per heavy atom. The van der Waals surface area contributed by atoms with E-state index in [-0.39, 0.29) is 0 Å². The average molecular weight is 267 g/mol. The van der Waals surface area contributed by atoms with Crippen LogP contribution in [0, 0.1) is 11.3 Å². The van der Waals surface area contributed by atoms with Crippen LogP contribution in [0.1, 0.15) is 37.7 Å². The predicted octanol–water partition coefficient (Wildman–Crippen LogP) is 3.50. The minimum absolute atomic E-state index is 0.423. The van der Waals surface area contributed by atoms with Gasteiger partial charge in [0.25, 0.3) is 0 Å². The molecule has 0 amide bonds. The Morgan fingerprint density at radius 1 is 1.33 bits per heavy atom. The Labute approximate surface area is 114 Å². The minimum Gasteiger partial charge on any atom is -0.497 e. The highest BCUT2D eigenvalue weighted by molar-refractivity contribution is 6.31. The number of hydrogen-bond acceptors (Lipinski definition) is 3. The molecular formula is C14H19ClN2O. The van der Waals surface area contributed by atoms with E-state index in [2.05, 4.69) is 0 Å². The number of nitrogens with two attached hydrogens (primary N) is 1. The van der Waals surface area contributed by atoms with E-state index in [9.17, 15) is 0 Å². The smallest absolute Gasteiger partial charge is 0.120 e. The largest absolute Gasteiger partial charge is 0.497 e. The summed E-state index contributed by atoms with van der Waals surface area (Å²) >= 11 is 5.71. The molecule has 0 unspecified atom stereocenters. The molecule has 2 N–H and O–H groups in total. The second-order valence-corrected chi connectivity index (χ2v) is 4.76. The van der Waals surface area contributed by atoms with E-state index in [1.807, 2.05) is 6.07 Å². The van der Waals surface area contributed by atoms with Gasteiger partial charge in [-0.15, -0.1) is 0 Å². The van der Waals surface area contributed by atoms with Gasteiger partial charge >= 0.3 is 0 Å². The first-order valence-corrected chi connectivity index (χ1v) is 6.54. The van der Waals surface area contributed by atoms with E-state index >= 15 is 0 Å². The van der Waals surface area contributed by atoms with Gasteiger partial charge in [-0.25, -0.2) is 0 Å². The van der Waals surface area contributed by atoms with Crippen molar-refractivity contribution >= 4 is 11.6 Å². The van der Waals surface area contributed by atoms with Gasteiger partial charge in [-0.05, 0) is 25.0 Å². The van der Waals surface area contributed by atoms with Crippen LogP contribution in [-0.4, -0.2) is 13.2 Å². The zero-order chi connectivity index (χ0) is 13.4. The van der Waals surface area contributed by atoms with Crippen molar-refractivity contribution in [3.05, 3.63) is 28.8 Å². The Kier molecular flexibility index (Phi) is 6.56.